The van der Waals surface area contributed by atoms with Crippen molar-refractivity contribution in [2.24, 2.45) is 0 Å². The van der Waals surface area contributed by atoms with Crippen LogP contribution in [0.25, 0.3) is 0 Å². The monoisotopic (exact) mass is 518 g/mol. The van der Waals surface area contributed by atoms with Crippen LogP contribution in [-0.2, 0) is 4.79 Å². The Morgan fingerprint density at radius 2 is 1.21 bits per heavy atom. The molecule has 0 aliphatic heterocycles. The fraction of sp³-hybridized carbons (Fsp3) is 0.312. The highest BCUT2D eigenvalue weighted by Crippen LogP contribution is 2.30. The van der Waals surface area contributed by atoms with Gasteiger partial charge in [-0.3, -0.25) is 9.59 Å². The summed E-state index contributed by atoms with van der Waals surface area (Å²) in [7, 11) is 0. The Morgan fingerprint density at radius 3 is 1.74 bits per heavy atom. The first kappa shape index (κ1) is 28.8. The van der Waals surface area contributed by atoms with Gasteiger partial charge in [0.1, 0.15) is 11.6 Å². The number of halogens is 2. The van der Waals surface area contributed by atoms with Crippen molar-refractivity contribution in [1.29, 1.82) is 0 Å². The van der Waals surface area contributed by atoms with E-state index in [2.05, 4.69) is 24.5 Å². The molecule has 0 aromatic heterocycles. The van der Waals surface area contributed by atoms with Gasteiger partial charge in [0.2, 0.25) is 5.91 Å². The topological polar surface area (TPSA) is 58.2 Å². The van der Waals surface area contributed by atoms with Gasteiger partial charge in [-0.25, -0.2) is 8.78 Å². The van der Waals surface area contributed by atoms with Crippen molar-refractivity contribution in [2.75, 3.05) is 13.1 Å². The van der Waals surface area contributed by atoms with Crippen molar-refractivity contribution < 1.29 is 18.4 Å². The third kappa shape index (κ3) is 9.25. The lowest BCUT2D eigenvalue weighted by Crippen LogP contribution is -2.25. The van der Waals surface area contributed by atoms with Crippen molar-refractivity contribution >= 4 is 11.8 Å². The maximum absolute atomic E-state index is 13.4. The van der Waals surface area contributed by atoms with Crippen LogP contribution in [0.3, 0.4) is 0 Å². The summed E-state index contributed by atoms with van der Waals surface area (Å²) in [6.45, 7) is 5.00. The molecule has 0 saturated carbocycles. The average molecular weight is 519 g/mol. The molecule has 0 radical (unpaired) electrons. The molecule has 200 valence electrons. The lowest BCUT2D eigenvalue weighted by atomic mass is 9.87. The van der Waals surface area contributed by atoms with E-state index in [0.29, 0.717) is 37.4 Å². The number of amides is 2. The van der Waals surface area contributed by atoms with Crippen LogP contribution < -0.4 is 10.6 Å². The van der Waals surface area contributed by atoms with Crippen LogP contribution in [0.5, 0.6) is 0 Å². The Morgan fingerprint density at radius 1 is 0.711 bits per heavy atom. The van der Waals surface area contributed by atoms with E-state index in [-0.39, 0.29) is 29.4 Å². The summed E-state index contributed by atoms with van der Waals surface area (Å²) in [5.74, 6) is -0.333. The first-order valence-electron chi connectivity index (χ1n) is 13.1. The first-order chi connectivity index (χ1) is 18.3. The summed E-state index contributed by atoms with van der Waals surface area (Å²) < 4.78 is 26.8. The molecule has 3 aromatic rings. The predicted molar refractivity (Wildman–Crippen MR) is 148 cm³/mol. The summed E-state index contributed by atoms with van der Waals surface area (Å²) in [5.41, 5.74) is 3.74. The SMILES string of the molecule is CC(C)c1ccc(C(=O)NCC=CCNC(=O)CCCCC(c2ccc(F)cc2)c2ccc(F)cc2)cc1. The molecule has 0 saturated heterocycles. The lowest BCUT2D eigenvalue weighted by molar-refractivity contribution is -0.121. The van der Waals surface area contributed by atoms with Crippen LogP contribution in [0, 0.1) is 11.6 Å². The largest absolute Gasteiger partial charge is 0.353 e. The smallest absolute Gasteiger partial charge is 0.251 e. The summed E-state index contributed by atoms with van der Waals surface area (Å²) in [4.78, 5) is 24.4. The first-order valence-corrected chi connectivity index (χ1v) is 13.1. The Hall–Kier alpha value is -3.80. The number of unbranched alkanes of at least 4 members (excludes halogenated alkanes) is 1. The van der Waals surface area contributed by atoms with Gasteiger partial charge in [-0.05, 0) is 71.8 Å². The average Bonchev–Trinajstić information content (AvgIpc) is 2.92. The molecule has 4 nitrogen and oxygen atoms in total. The van der Waals surface area contributed by atoms with E-state index >= 15 is 0 Å². The fourth-order valence-electron chi connectivity index (χ4n) is 4.25. The van der Waals surface area contributed by atoms with Gasteiger partial charge in [0.25, 0.3) is 5.91 Å². The molecule has 2 N–H and O–H groups in total. The molecule has 0 spiro atoms. The molecule has 6 heteroatoms. The molecule has 0 aliphatic carbocycles. The second-order valence-electron chi connectivity index (χ2n) is 9.66. The highest BCUT2D eigenvalue weighted by Gasteiger charge is 2.15. The van der Waals surface area contributed by atoms with Crippen LogP contribution in [0.1, 0.15) is 78.4 Å². The zero-order chi connectivity index (χ0) is 27.3. The van der Waals surface area contributed by atoms with E-state index < -0.39 is 0 Å². The minimum absolute atomic E-state index is 0.00514. The zero-order valence-electron chi connectivity index (χ0n) is 22.1. The van der Waals surface area contributed by atoms with Crippen molar-refractivity contribution in [1.82, 2.24) is 10.6 Å². The van der Waals surface area contributed by atoms with Crippen molar-refractivity contribution in [2.45, 2.75) is 51.4 Å². The van der Waals surface area contributed by atoms with Gasteiger partial charge in [-0.2, -0.15) is 0 Å². The van der Waals surface area contributed by atoms with E-state index in [9.17, 15) is 18.4 Å². The van der Waals surface area contributed by atoms with Gasteiger partial charge in [0.15, 0.2) is 0 Å². The zero-order valence-corrected chi connectivity index (χ0v) is 22.1. The van der Waals surface area contributed by atoms with Crippen LogP contribution in [0.2, 0.25) is 0 Å². The minimum Gasteiger partial charge on any atom is -0.353 e. The van der Waals surface area contributed by atoms with Crippen LogP contribution >= 0.6 is 0 Å². The molecule has 0 atom stereocenters. The number of nitrogens with one attached hydrogen (secondary N) is 2. The second-order valence-corrected chi connectivity index (χ2v) is 9.66. The van der Waals surface area contributed by atoms with Crippen molar-refractivity contribution in [3.63, 3.8) is 0 Å². The van der Waals surface area contributed by atoms with Gasteiger partial charge in [0.05, 0.1) is 0 Å². The summed E-state index contributed by atoms with van der Waals surface area (Å²) in [6.07, 6.45) is 6.31. The third-order valence-corrected chi connectivity index (χ3v) is 6.50. The Bertz CT molecular complexity index is 1140. The number of carbonyl (C=O) groups excluding carboxylic acids is 2. The Labute approximate surface area is 224 Å². The quantitative estimate of drug-likeness (QED) is 0.191. The van der Waals surface area contributed by atoms with Gasteiger partial charge < -0.3 is 10.6 Å². The number of carbonyl (C=O) groups is 2. The van der Waals surface area contributed by atoms with Crippen LogP contribution in [0.4, 0.5) is 8.78 Å². The molecule has 2 amide bonds. The highest BCUT2D eigenvalue weighted by atomic mass is 19.1. The molecule has 3 rings (SSSR count). The van der Waals surface area contributed by atoms with Crippen molar-refractivity contribution in [3.05, 3.63) is 119 Å². The van der Waals surface area contributed by atoms with E-state index in [1.807, 2.05) is 36.4 Å². The van der Waals surface area contributed by atoms with Crippen LogP contribution in [-0.4, -0.2) is 24.9 Å². The van der Waals surface area contributed by atoms with E-state index in [1.54, 1.807) is 24.3 Å². The third-order valence-electron chi connectivity index (χ3n) is 6.50. The summed E-state index contributed by atoms with van der Waals surface area (Å²) >= 11 is 0. The van der Waals surface area contributed by atoms with E-state index in [4.69, 9.17) is 0 Å². The maximum atomic E-state index is 13.4. The number of hydrogen-bond acceptors (Lipinski definition) is 2. The second kappa shape index (κ2) is 14.8. The summed E-state index contributed by atoms with van der Waals surface area (Å²) in [6, 6.07) is 20.4. The molecule has 0 heterocycles. The number of benzene rings is 3. The Balaban J connectivity index is 1.35. The molecular weight excluding hydrogens is 482 g/mol. The number of rotatable bonds is 13. The molecule has 0 bridgehead atoms. The molecule has 38 heavy (non-hydrogen) atoms. The minimum atomic E-state index is -0.295. The van der Waals surface area contributed by atoms with Gasteiger partial charge in [-0.1, -0.05) is 68.8 Å². The lowest BCUT2D eigenvalue weighted by Gasteiger charge is -2.18. The molecule has 0 fully saturated rings. The van der Waals surface area contributed by atoms with Gasteiger partial charge >= 0.3 is 0 Å². The molecule has 3 aromatic carbocycles. The summed E-state index contributed by atoms with van der Waals surface area (Å²) in [5, 5.41) is 5.70. The standard InChI is InChI=1S/C32H36F2N2O2/c1-23(2)24-9-11-27(12-10-24)32(38)36-22-6-5-21-35-31(37)8-4-3-7-30(25-13-17-28(33)18-14-25)26-15-19-29(34)20-16-26/h5-6,9-20,23,30H,3-4,7-8,21-22H2,1-2H3,(H,35,37)(H,36,38). The van der Waals surface area contributed by atoms with Gasteiger partial charge in [-0.15, -0.1) is 0 Å². The molecule has 0 aliphatic rings. The van der Waals surface area contributed by atoms with Gasteiger partial charge in [0, 0.05) is 31.0 Å². The van der Waals surface area contributed by atoms with Crippen LogP contribution in [0.15, 0.2) is 84.9 Å². The number of hydrogen-bond donors (Lipinski definition) is 2. The molecular formula is C32H36F2N2O2. The van der Waals surface area contributed by atoms with Crippen molar-refractivity contribution in [3.8, 4) is 0 Å². The maximum Gasteiger partial charge on any atom is 0.251 e. The Kier molecular flexibility index (Phi) is 11.2. The highest BCUT2D eigenvalue weighted by molar-refractivity contribution is 5.94. The predicted octanol–water partition coefficient (Wildman–Crippen LogP) is 6.88. The normalized spacial score (nSPS) is 11.3. The van der Waals surface area contributed by atoms with E-state index in [0.717, 1.165) is 24.0 Å². The molecule has 0 unspecified atom stereocenters. The van der Waals surface area contributed by atoms with E-state index in [1.165, 1.54) is 29.8 Å². The fourth-order valence-corrected chi connectivity index (χ4v) is 4.25.